The minimum Gasteiger partial charge on any atom is -0.489 e. The highest BCUT2D eigenvalue weighted by Gasteiger charge is 2.23. The smallest absolute Gasteiger partial charge is 0.294 e. The third kappa shape index (κ3) is 8.37. The third-order valence-corrected chi connectivity index (χ3v) is 8.61. The van der Waals surface area contributed by atoms with Gasteiger partial charge in [0.2, 0.25) is 0 Å². The Labute approximate surface area is 260 Å². The van der Waals surface area contributed by atoms with Gasteiger partial charge in [0.1, 0.15) is 24.7 Å². The molecule has 0 saturated heterocycles. The molecular weight excluding hydrogens is 568 g/mol. The van der Waals surface area contributed by atoms with Gasteiger partial charge in [-0.05, 0) is 85.2 Å². The minimum absolute atomic E-state index is 0.00941. The lowest BCUT2D eigenvalue weighted by Gasteiger charge is -2.24. The van der Waals surface area contributed by atoms with Gasteiger partial charge in [0.15, 0.2) is 0 Å². The molecule has 0 fully saturated rings. The number of hydrogen-bond donors (Lipinski definition) is 1. The summed E-state index contributed by atoms with van der Waals surface area (Å²) in [7, 11) is -4.22. The van der Waals surface area contributed by atoms with Gasteiger partial charge in [0.05, 0.1) is 4.90 Å². The molecule has 0 unspecified atom stereocenters. The summed E-state index contributed by atoms with van der Waals surface area (Å²) in [6.07, 6.45) is 2.41. The van der Waals surface area contributed by atoms with Crippen LogP contribution in [0.5, 0.6) is 11.5 Å². The van der Waals surface area contributed by atoms with Gasteiger partial charge >= 0.3 is 0 Å². The van der Waals surface area contributed by atoms with Crippen LogP contribution in [-0.4, -0.2) is 13.0 Å². The molecule has 0 amide bonds. The van der Waals surface area contributed by atoms with Crippen molar-refractivity contribution in [2.24, 2.45) is 0 Å². The number of benzene rings is 5. The molecule has 5 aromatic carbocycles. The molecule has 0 heterocycles. The molecule has 5 rings (SSSR count). The van der Waals surface area contributed by atoms with Crippen LogP contribution in [0, 0.1) is 13.8 Å². The summed E-state index contributed by atoms with van der Waals surface area (Å²) in [6.45, 7) is 5.08. The molecule has 0 spiro atoms. The Morgan fingerprint density at radius 1 is 0.614 bits per heavy atom. The van der Waals surface area contributed by atoms with Crippen LogP contribution < -0.4 is 9.47 Å². The zero-order valence-corrected chi connectivity index (χ0v) is 26.0. The Morgan fingerprint density at radius 2 is 1.09 bits per heavy atom. The number of ether oxygens (including phenoxy) is 2. The first kappa shape index (κ1) is 31.0. The van der Waals surface area contributed by atoms with Crippen LogP contribution in [0.2, 0.25) is 0 Å². The maximum Gasteiger partial charge on any atom is 0.294 e. The standard InChI is InChI=1S/C38H38O5S/c1-28-16-22-35(37(24-28)42-26-31-10-5-3-6-11-31)34(15-9-14-30-18-20-33(21-19-30)44(39,40)41)36-23-17-29(2)25-38(36)43-27-32-12-7-4-8-13-32/h3-8,10-13,16-25,34H,9,14-15,26-27H2,1-2H3,(H,39,40,41). The Bertz CT molecular complexity index is 1670. The number of rotatable bonds is 13. The molecule has 0 atom stereocenters. The fraction of sp³-hybridized carbons (Fsp3) is 0.211. The predicted octanol–water partition coefficient (Wildman–Crippen LogP) is 8.86. The van der Waals surface area contributed by atoms with Gasteiger partial charge in [0.25, 0.3) is 10.1 Å². The molecular formula is C38H38O5S. The Morgan fingerprint density at radius 3 is 1.55 bits per heavy atom. The predicted molar refractivity (Wildman–Crippen MR) is 175 cm³/mol. The van der Waals surface area contributed by atoms with Crippen molar-refractivity contribution in [3.8, 4) is 11.5 Å². The van der Waals surface area contributed by atoms with E-state index in [4.69, 9.17) is 9.47 Å². The van der Waals surface area contributed by atoms with Crippen molar-refractivity contribution in [2.45, 2.75) is 57.1 Å². The van der Waals surface area contributed by atoms with E-state index in [1.54, 1.807) is 12.1 Å². The van der Waals surface area contributed by atoms with Crippen LogP contribution in [-0.2, 0) is 29.8 Å². The van der Waals surface area contributed by atoms with Crippen molar-refractivity contribution in [1.82, 2.24) is 0 Å². The lowest BCUT2D eigenvalue weighted by Crippen LogP contribution is -2.09. The van der Waals surface area contributed by atoms with Gasteiger partial charge in [-0.25, -0.2) is 0 Å². The van der Waals surface area contributed by atoms with Gasteiger partial charge < -0.3 is 9.47 Å². The average molecular weight is 607 g/mol. The van der Waals surface area contributed by atoms with Gasteiger partial charge in [-0.15, -0.1) is 0 Å². The van der Waals surface area contributed by atoms with Crippen molar-refractivity contribution in [1.29, 1.82) is 0 Å². The Kier molecular flexibility index (Phi) is 10.2. The van der Waals surface area contributed by atoms with Crippen LogP contribution in [0.25, 0.3) is 0 Å². The molecule has 6 heteroatoms. The summed E-state index contributed by atoms with van der Waals surface area (Å²) >= 11 is 0. The zero-order chi connectivity index (χ0) is 30.9. The van der Waals surface area contributed by atoms with Gasteiger partial charge in [0, 0.05) is 17.0 Å². The maximum atomic E-state index is 11.5. The molecule has 5 aromatic rings. The molecule has 0 radical (unpaired) electrons. The fourth-order valence-corrected chi connectivity index (χ4v) is 5.88. The number of aryl methyl sites for hydroxylation is 3. The highest BCUT2D eigenvalue weighted by atomic mass is 32.2. The summed E-state index contributed by atoms with van der Waals surface area (Å²) in [5, 5.41) is 0. The van der Waals surface area contributed by atoms with E-state index in [2.05, 4.69) is 74.5 Å². The van der Waals surface area contributed by atoms with Crippen LogP contribution in [0.4, 0.5) is 0 Å². The first-order chi connectivity index (χ1) is 21.3. The lowest BCUT2D eigenvalue weighted by atomic mass is 9.84. The van der Waals surface area contributed by atoms with E-state index in [-0.39, 0.29) is 10.8 Å². The molecule has 0 aromatic heterocycles. The topological polar surface area (TPSA) is 72.8 Å². The zero-order valence-electron chi connectivity index (χ0n) is 25.1. The fourth-order valence-electron chi connectivity index (χ4n) is 5.40. The monoisotopic (exact) mass is 606 g/mol. The molecule has 0 aliphatic rings. The normalized spacial score (nSPS) is 11.5. The molecule has 0 saturated carbocycles. The second-order valence-electron chi connectivity index (χ2n) is 11.2. The largest absolute Gasteiger partial charge is 0.489 e. The molecule has 0 aliphatic heterocycles. The number of hydrogen-bond acceptors (Lipinski definition) is 4. The first-order valence-electron chi connectivity index (χ1n) is 14.9. The Hall–Kier alpha value is -4.39. The summed E-state index contributed by atoms with van der Waals surface area (Å²) in [6, 6.07) is 39.6. The van der Waals surface area contributed by atoms with E-state index in [0.717, 1.165) is 69.7 Å². The summed E-state index contributed by atoms with van der Waals surface area (Å²) in [5.74, 6) is 1.70. The van der Waals surface area contributed by atoms with Crippen molar-refractivity contribution in [2.75, 3.05) is 0 Å². The molecule has 5 nitrogen and oxygen atoms in total. The van der Waals surface area contributed by atoms with E-state index in [1.165, 1.54) is 12.1 Å². The van der Waals surface area contributed by atoms with Crippen LogP contribution in [0.15, 0.2) is 126 Å². The second kappa shape index (κ2) is 14.4. The first-order valence-corrected chi connectivity index (χ1v) is 16.3. The van der Waals surface area contributed by atoms with E-state index in [1.807, 2.05) is 36.4 Å². The van der Waals surface area contributed by atoms with E-state index in [9.17, 15) is 13.0 Å². The molecule has 226 valence electrons. The maximum absolute atomic E-state index is 11.5. The highest BCUT2D eigenvalue weighted by Crippen LogP contribution is 2.41. The van der Waals surface area contributed by atoms with E-state index >= 15 is 0 Å². The molecule has 44 heavy (non-hydrogen) atoms. The summed E-state index contributed by atoms with van der Waals surface area (Å²) in [5.41, 5.74) is 7.66. The second-order valence-corrected chi connectivity index (χ2v) is 12.6. The van der Waals surface area contributed by atoms with Crippen LogP contribution in [0.3, 0.4) is 0 Å². The molecule has 1 N–H and O–H groups in total. The molecule has 0 aliphatic carbocycles. The lowest BCUT2D eigenvalue weighted by molar-refractivity contribution is 0.295. The van der Waals surface area contributed by atoms with E-state index < -0.39 is 10.1 Å². The quantitative estimate of drug-likeness (QED) is 0.136. The average Bonchev–Trinajstić information content (AvgIpc) is 3.03. The Balaban J connectivity index is 1.46. The van der Waals surface area contributed by atoms with E-state index in [0.29, 0.717) is 13.2 Å². The summed E-state index contributed by atoms with van der Waals surface area (Å²) < 4.78 is 45.3. The SMILES string of the molecule is Cc1ccc(C(CCCc2ccc(S(=O)(=O)O)cc2)c2ccc(C)cc2OCc2ccccc2)c(OCc2ccccc2)c1. The van der Waals surface area contributed by atoms with Crippen molar-refractivity contribution < 1.29 is 22.4 Å². The highest BCUT2D eigenvalue weighted by molar-refractivity contribution is 7.85. The van der Waals surface area contributed by atoms with Gasteiger partial charge in [-0.2, -0.15) is 8.42 Å². The van der Waals surface area contributed by atoms with Crippen molar-refractivity contribution >= 4 is 10.1 Å². The van der Waals surface area contributed by atoms with Crippen molar-refractivity contribution in [3.05, 3.63) is 160 Å². The minimum atomic E-state index is -4.22. The molecule has 0 bridgehead atoms. The van der Waals surface area contributed by atoms with Gasteiger partial charge in [-0.3, -0.25) is 4.55 Å². The third-order valence-electron chi connectivity index (χ3n) is 7.74. The summed E-state index contributed by atoms with van der Waals surface area (Å²) in [4.78, 5) is -0.0983. The van der Waals surface area contributed by atoms with Gasteiger partial charge in [-0.1, -0.05) is 97.1 Å². The van der Waals surface area contributed by atoms with Crippen molar-refractivity contribution in [3.63, 3.8) is 0 Å². The van der Waals surface area contributed by atoms with Crippen LogP contribution >= 0.6 is 0 Å². The van der Waals surface area contributed by atoms with Crippen LogP contribution in [0.1, 0.15) is 57.7 Å².